The van der Waals surface area contributed by atoms with Gasteiger partial charge in [0, 0.05) is 62.0 Å². The van der Waals surface area contributed by atoms with E-state index >= 15 is 0 Å². The molecule has 3 aromatic rings. The summed E-state index contributed by atoms with van der Waals surface area (Å²) in [6.07, 6.45) is 9.16. The number of carboxylic acids is 1. The van der Waals surface area contributed by atoms with Crippen LogP contribution in [0.25, 0.3) is 16.7 Å². The van der Waals surface area contributed by atoms with Crippen molar-refractivity contribution in [3.05, 3.63) is 49.1 Å². The van der Waals surface area contributed by atoms with Gasteiger partial charge in [-0.2, -0.15) is 5.10 Å². The first-order chi connectivity index (χ1) is 16.0. The Morgan fingerprint density at radius 2 is 1.91 bits per heavy atom. The Labute approximate surface area is 192 Å². The van der Waals surface area contributed by atoms with E-state index in [4.69, 9.17) is 10.1 Å². The number of piperazine rings is 1. The Morgan fingerprint density at radius 3 is 2.67 bits per heavy atom. The van der Waals surface area contributed by atoms with Gasteiger partial charge in [0.15, 0.2) is 11.6 Å². The minimum atomic E-state index is -0.796. The molecule has 0 aliphatic carbocycles. The maximum atomic E-state index is 11.0. The SMILES string of the molecule is CC(C)N1CCN(c2ccc3cnn(-c4cncc(N5C=CC(CC(=O)O)C5)n4)c3c2)CC1. The Morgan fingerprint density at radius 1 is 1.12 bits per heavy atom. The van der Waals surface area contributed by atoms with Crippen molar-refractivity contribution in [2.24, 2.45) is 5.92 Å². The number of hydrogen-bond acceptors (Lipinski definition) is 7. The quantitative estimate of drug-likeness (QED) is 0.617. The number of nitrogens with zero attached hydrogens (tertiary/aromatic N) is 7. The molecule has 33 heavy (non-hydrogen) atoms. The second kappa shape index (κ2) is 8.82. The molecule has 1 unspecified atom stereocenters. The van der Waals surface area contributed by atoms with E-state index in [-0.39, 0.29) is 12.3 Å². The van der Waals surface area contributed by atoms with Crippen LogP contribution in [-0.2, 0) is 4.79 Å². The molecule has 2 aliphatic rings. The molecule has 0 radical (unpaired) electrons. The number of rotatable bonds is 6. The molecular formula is C24H29N7O2. The van der Waals surface area contributed by atoms with E-state index in [2.05, 4.69) is 51.9 Å². The summed E-state index contributed by atoms with van der Waals surface area (Å²) >= 11 is 0. The van der Waals surface area contributed by atoms with Gasteiger partial charge in [-0.3, -0.25) is 14.7 Å². The smallest absolute Gasteiger partial charge is 0.304 e. The molecule has 4 heterocycles. The van der Waals surface area contributed by atoms with Crippen molar-refractivity contribution in [1.29, 1.82) is 0 Å². The Balaban J connectivity index is 1.38. The number of hydrogen-bond donors (Lipinski definition) is 1. The zero-order chi connectivity index (χ0) is 22.9. The van der Waals surface area contributed by atoms with Crippen LogP contribution in [0.2, 0.25) is 0 Å². The van der Waals surface area contributed by atoms with Gasteiger partial charge in [-0.1, -0.05) is 6.08 Å². The first-order valence-electron chi connectivity index (χ1n) is 11.4. The van der Waals surface area contributed by atoms with Crippen LogP contribution < -0.4 is 9.80 Å². The highest BCUT2D eigenvalue weighted by Gasteiger charge is 2.22. The summed E-state index contributed by atoms with van der Waals surface area (Å²) < 4.78 is 1.83. The van der Waals surface area contributed by atoms with Crippen LogP contribution in [0, 0.1) is 5.92 Å². The lowest BCUT2D eigenvalue weighted by atomic mass is 10.1. The molecule has 1 fully saturated rings. The van der Waals surface area contributed by atoms with Crippen molar-refractivity contribution in [2.45, 2.75) is 26.3 Å². The van der Waals surface area contributed by atoms with Crippen LogP contribution in [0.3, 0.4) is 0 Å². The van der Waals surface area contributed by atoms with Crippen molar-refractivity contribution in [2.75, 3.05) is 42.5 Å². The lowest BCUT2D eigenvalue weighted by Crippen LogP contribution is -2.48. The van der Waals surface area contributed by atoms with E-state index in [9.17, 15) is 4.79 Å². The fraction of sp³-hybridized carbons (Fsp3) is 0.417. The van der Waals surface area contributed by atoms with Gasteiger partial charge < -0.3 is 14.9 Å². The fourth-order valence-corrected chi connectivity index (χ4v) is 4.60. The minimum absolute atomic E-state index is 0.0304. The largest absolute Gasteiger partial charge is 0.481 e. The van der Waals surface area contributed by atoms with Crippen molar-refractivity contribution in [1.82, 2.24) is 24.6 Å². The summed E-state index contributed by atoms with van der Waals surface area (Å²) in [5.41, 5.74) is 2.18. The average Bonchev–Trinajstić information content (AvgIpc) is 3.45. The summed E-state index contributed by atoms with van der Waals surface area (Å²) in [6, 6.07) is 7.03. The van der Waals surface area contributed by atoms with Crippen LogP contribution in [-0.4, -0.2) is 74.5 Å². The number of aromatic nitrogens is 4. The molecule has 5 rings (SSSR count). The minimum Gasteiger partial charge on any atom is -0.481 e. The molecule has 1 aromatic carbocycles. The van der Waals surface area contributed by atoms with Crippen LogP contribution in [0.4, 0.5) is 11.5 Å². The number of carbonyl (C=O) groups is 1. The average molecular weight is 448 g/mol. The van der Waals surface area contributed by atoms with Crippen LogP contribution in [0.1, 0.15) is 20.3 Å². The van der Waals surface area contributed by atoms with E-state index in [1.807, 2.05) is 28.1 Å². The number of benzene rings is 1. The molecule has 9 heteroatoms. The van der Waals surface area contributed by atoms with E-state index in [0.717, 1.165) is 37.1 Å². The molecule has 1 atom stereocenters. The monoisotopic (exact) mass is 447 g/mol. The Hall–Kier alpha value is -3.46. The van der Waals surface area contributed by atoms with E-state index in [1.54, 1.807) is 12.4 Å². The molecular weight excluding hydrogens is 418 g/mol. The molecule has 172 valence electrons. The molecule has 0 bridgehead atoms. The third kappa shape index (κ3) is 4.41. The standard InChI is InChI=1S/C24H29N7O2/c1-17(2)28-7-9-29(10-8-28)20-4-3-19-13-26-31(21(19)12-20)23-15-25-14-22(27-23)30-6-5-18(16-30)11-24(32)33/h3-6,12-15,17-18H,7-11,16H2,1-2H3,(H,32,33). The molecule has 2 aliphatic heterocycles. The zero-order valence-electron chi connectivity index (χ0n) is 19.0. The summed E-state index contributed by atoms with van der Waals surface area (Å²) in [5.74, 6) is 0.494. The molecule has 0 saturated carbocycles. The highest BCUT2D eigenvalue weighted by Crippen LogP contribution is 2.26. The van der Waals surface area contributed by atoms with Crippen molar-refractivity contribution in [3.8, 4) is 5.82 Å². The van der Waals surface area contributed by atoms with Gasteiger partial charge in [0.1, 0.15) is 0 Å². The molecule has 9 nitrogen and oxygen atoms in total. The molecule has 1 saturated heterocycles. The molecule has 0 amide bonds. The van der Waals surface area contributed by atoms with Crippen molar-refractivity contribution in [3.63, 3.8) is 0 Å². The van der Waals surface area contributed by atoms with Crippen molar-refractivity contribution < 1.29 is 9.90 Å². The topological polar surface area (TPSA) is 90.6 Å². The van der Waals surface area contributed by atoms with Crippen LogP contribution >= 0.6 is 0 Å². The van der Waals surface area contributed by atoms with Gasteiger partial charge in [0.2, 0.25) is 0 Å². The lowest BCUT2D eigenvalue weighted by Gasteiger charge is -2.38. The van der Waals surface area contributed by atoms with Gasteiger partial charge in [0.05, 0.1) is 30.5 Å². The molecule has 1 N–H and O–H groups in total. The number of aliphatic carboxylic acids is 1. The first kappa shape index (κ1) is 21.4. The second-order valence-corrected chi connectivity index (χ2v) is 9.00. The highest BCUT2D eigenvalue weighted by atomic mass is 16.4. The number of carboxylic acid groups (broad SMARTS) is 1. The number of anilines is 2. The third-order valence-electron chi connectivity index (χ3n) is 6.49. The van der Waals surface area contributed by atoms with Gasteiger partial charge in [-0.15, -0.1) is 0 Å². The van der Waals surface area contributed by atoms with Gasteiger partial charge in [0.25, 0.3) is 0 Å². The second-order valence-electron chi connectivity index (χ2n) is 9.00. The van der Waals surface area contributed by atoms with E-state index in [1.165, 1.54) is 5.69 Å². The highest BCUT2D eigenvalue weighted by molar-refractivity contribution is 5.83. The Kier molecular flexibility index (Phi) is 5.72. The van der Waals surface area contributed by atoms with E-state index in [0.29, 0.717) is 24.2 Å². The lowest BCUT2D eigenvalue weighted by molar-refractivity contribution is -0.137. The van der Waals surface area contributed by atoms with Gasteiger partial charge in [-0.05, 0) is 32.0 Å². The molecule has 2 aromatic heterocycles. The Bertz CT molecular complexity index is 1180. The maximum Gasteiger partial charge on any atom is 0.304 e. The normalized spacial score (nSPS) is 19.2. The summed E-state index contributed by atoms with van der Waals surface area (Å²) in [6.45, 7) is 9.22. The maximum absolute atomic E-state index is 11.0. The summed E-state index contributed by atoms with van der Waals surface area (Å²) in [4.78, 5) is 27.1. The zero-order valence-corrected chi connectivity index (χ0v) is 19.0. The fourth-order valence-electron chi connectivity index (χ4n) is 4.60. The molecule has 0 spiro atoms. The van der Waals surface area contributed by atoms with Crippen LogP contribution in [0.5, 0.6) is 0 Å². The third-order valence-corrected chi connectivity index (χ3v) is 6.49. The predicted octanol–water partition coefficient (Wildman–Crippen LogP) is 2.77. The summed E-state index contributed by atoms with van der Waals surface area (Å²) in [5, 5.41) is 14.7. The first-order valence-corrected chi connectivity index (χ1v) is 11.4. The van der Waals surface area contributed by atoms with Crippen molar-refractivity contribution >= 4 is 28.4 Å². The summed E-state index contributed by atoms with van der Waals surface area (Å²) in [7, 11) is 0. The predicted molar refractivity (Wildman–Crippen MR) is 128 cm³/mol. The van der Waals surface area contributed by atoms with E-state index < -0.39 is 5.97 Å². The van der Waals surface area contributed by atoms with Gasteiger partial charge in [-0.25, -0.2) is 9.67 Å². The van der Waals surface area contributed by atoms with Gasteiger partial charge >= 0.3 is 5.97 Å². The number of fused-ring (bicyclic) bond motifs is 1. The van der Waals surface area contributed by atoms with Crippen LogP contribution in [0.15, 0.2) is 49.1 Å².